The van der Waals surface area contributed by atoms with Crippen molar-refractivity contribution in [2.24, 2.45) is 0 Å². The zero-order chi connectivity index (χ0) is 16.6. The van der Waals surface area contributed by atoms with Crippen molar-refractivity contribution in [2.75, 3.05) is 7.11 Å². The van der Waals surface area contributed by atoms with Gasteiger partial charge in [0.05, 0.1) is 12.8 Å². The summed E-state index contributed by atoms with van der Waals surface area (Å²) in [6, 6.07) is 6.94. The van der Waals surface area contributed by atoms with E-state index < -0.39 is 11.0 Å². The van der Waals surface area contributed by atoms with E-state index in [4.69, 9.17) is 16.3 Å². The van der Waals surface area contributed by atoms with Crippen molar-refractivity contribution in [3.05, 3.63) is 55.6 Å². The molecule has 7 heteroatoms. The standard InChI is InChI=1S/C16H16ClN3O3/c1-3-4-11-13(17)14(21)12-15(18-11)19-20(16(12)22)9-5-7-10(23-2)8-6-9/h5-8H,3-4H2,1-2H3,(H2,18,19,21). The smallest absolute Gasteiger partial charge is 0.284 e. The molecular weight excluding hydrogens is 318 g/mol. The fourth-order valence-electron chi connectivity index (χ4n) is 2.53. The monoisotopic (exact) mass is 333 g/mol. The second-order valence-electron chi connectivity index (χ2n) is 5.20. The summed E-state index contributed by atoms with van der Waals surface area (Å²) in [4.78, 5) is 28.0. The highest BCUT2D eigenvalue weighted by molar-refractivity contribution is 6.31. The van der Waals surface area contributed by atoms with Crippen molar-refractivity contribution < 1.29 is 4.74 Å². The number of nitrogens with zero attached hydrogens (tertiary/aromatic N) is 1. The van der Waals surface area contributed by atoms with Crippen molar-refractivity contribution in [1.82, 2.24) is 14.8 Å². The predicted octanol–water partition coefficient (Wildman–Crippen LogP) is 2.62. The molecule has 0 unspecified atom stereocenters. The third-order valence-corrected chi connectivity index (χ3v) is 4.09. The number of benzene rings is 1. The Morgan fingerprint density at radius 1 is 1.22 bits per heavy atom. The lowest BCUT2D eigenvalue weighted by Gasteiger charge is -2.03. The van der Waals surface area contributed by atoms with E-state index in [0.29, 0.717) is 29.2 Å². The molecule has 23 heavy (non-hydrogen) atoms. The Kier molecular flexibility index (Phi) is 4.00. The maximum absolute atomic E-state index is 12.5. The Morgan fingerprint density at radius 2 is 1.91 bits per heavy atom. The number of H-pyrrole nitrogens is 2. The molecule has 3 aromatic rings. The van der Waals surface area contributed by atoms with Crippen LogP contribution in [0.5, 0.6) is 5.75 Å². The summed E-state index contributed by atoms with van der Waals surface area (Å²) in [5.74, 6) is 0.683. The summed E-state index contributed by atoms with van der Waals surface area (Å²) < 4.78 is 6.41. The Balaban J connectivity index is 2.23. The summed E-state index contributed by atoms with van der Waals surface area (Å²) >= 11 is 6.10. The number of aryl methyl sites for hydroxylation is 1. The van der Waals surface area contributed by atoms with Gasteiger partial charge in [0, 0.05) is 5.69 Å². The Hall–Kier alpha value is -2.47. The van der Waals surface area contributed by atoms with E-state index in [2.05, 4.69) is 10.1 Å². The average molecular weight is 334 g/mol. The fourth-order valence-corrected chi connectivity index (χ4v) is 2.76. The molecule has 0 fully saturated rings. The van der Waals surface area contributed by atoms with Crippen LogP contribution in [-0.4, -0.2) is 21.9 Å². The molecule has 0 aliphatic carbocycles. The van der Waals surface area contributed by atoms with Gasteiger partial charge in [-0.05, 0) is 30.7 Å². The molecule has 3 rings (SSSR count). The SMILES string of the molecule is CCCc1[nH]c2[nH]n(-c3ccc(OC)cc3)c(=O)c2c(=O)c1Cl. The highest BCUT2D eigenvalue weighted by atomic mass is 35.5. The Labute approximate surface area is 136 Å². The van der Waals surface area contributed by atoms with Crippen molar-refractivity contribution in [3.63, 3.8) is 0 Å². The van der Waals surface area contributed by atoms with Crippen molar-refractivity contribution in [3.8, 4) is 11.4 Å². The highest BCUT2D eigenvalue weighted by Gasteiger charge is 2.17. The van der Waals surface area contributed by atoms with Crippen LogP contribution in [-0.2, 0) is 6.42 Å². The van der Waals surface area contributed by atoms with E-state index in [0.717, 1.165) is 6.42 Å². The van der Waals surface area contributed by atoms with Gasteiger partial charge in [-0.15, -0.1) is 0 Å². The van der Waals surface area contributed by atoms with E-state index in [1.54, 1.807) is 31.4 Å². The molecule has 1 aromatic carbocycles. The van der Waals surface area contributed by atoms with Crippen LogP contribution in [0.1, 0.15) is 19.0 Å². The highest BCUT2D eigenvalue weighted by Crippen LogP contribution is 2.17. The van der Waals surface area contributed by atoms with Crippen LogP contribution in [0.15, 0.2) is 33.9 Å². The van der Waals surface area contributed by atoms with Gasteiger partial charge in [0.2, 0.25) is 5.43 Å². The van der Waals surface area contributed by atoms with Gasteiger partial charge in [-0.3, -0.25) is 14.7 Å². The lowest BCUT2D eigenvalue weighted by atomic mass is 10.2. The second-order valence-corrected chi connectivity index (χ2v) is 5.58. The van der Waals surface area contributed by atoms with Gasteiger partial charge in [-0.1, -0.05) is 24.9 Å². The molecule has 0 amide bonds. The van der Waals surface area contributed by atoms with Gasteiger partial charge in [-0.2, -0.15) is 0 Å². The van der Waals surface area contributed by atoms with Crippen LogP contribution in [0.4, 0.5) is 0 Å². The Morgan fingerprint density at radius 3 is 2.52 bits per heavy atom. The molecule has 0 aliphatic rings. The summed E-state index contributed by atoms with van der Waals surface area (Å²) in [6.45, 7) is 1.99. The molecular formula is C16H16ClN3O3. The summed E-state index contributed by atoms with van der Waals surface area (Å²) in [6.07, 6.45) is 1.48. The molecule has 6 nitrogen and oxygen atoms in total. The molecule has 0 radical (unpaired) electrons. The molecule has 0 saturated heterocycles. The molecule has 0 saturated carbocycles. The first kappa shape index (κ1) is 15.4. The van der Waals surface area contributed by atoms with Crippen LogP contribution in [0.2, 0.25) is 5.02 Å². The summed E-state index contributed by atoms with van der Waals surface area (Å²) in [7, 11) is 1.57. The maximum atomic E-state index is 12.5. The van der Waals surface area contributed by atoms with Gasteiger partial charge < -0.3 is 9.72 Å². The number of aromatic amines is 2. The van der Waals surface area contributed by atoms with Gasteiger partial charge in [-0.25, -0.2) is 4.68 Å². The number of methoxy groups -OCH3 is 1. The molecule has 2 aromatic heterocycles. The van der Waals surface area contributed by atoms with Gasteiger partial charge in [0.1, 0.15) is 21.8 Å². The molecule has 0 atom stereocenters. The van der Waals surface area contributed by atoms with E-state index >= 15 is 0 Å². The first-order valence-electron chi connectivity index (χ1n) is 7.26. The minimum absolute atomic E-state index is 0.0330. The lowest BCUT2D eigenvalue weighted by molar-refractivity contribution is 0.414. The minimum atomic E-state index is -0.447. The first-order valence-corrected chi connectivity index (χ1v) is 7.64. The van der Waals surface area contributed by atoms with Crippen molar-refractivity contribution >= 4 is 22.6 Å². The van der Waals surface area contributed by atoms with Crippen LogP contribution < -0.4 is 15.7 Å². The number of aromatic nitrogens is 3. The van der Waals surface area contributed by atoms with E-state index in [1.165, 1.54) is 4.68 Å². The fraction of sp³-hybridized carbons (Fsp3) is 0.250. The zero-order valence-electron chi connectivity index (χ0n) is 12.8. The molecule has 2 N–H and O–H groups in total. The van der Waals surface area contributed by atoms with Crippen LogP contribution in [0.25, 0.3) is 16.7 Å². The normalized spacial score (nSPS) is 11.1. The quantitative estimate of drug-likeness (QED) is 0.770. The third kappa shape index (κ3) is 2.55. The minimum Gasteiger partial charge on any atom is -0.497 e. The molecule has 2 heterocycles. The lowest BCUT2D eigenvalue weighted by Crippen LogP contribution is -2.19. The summed E-state index contributed by atoms with van der Waals surface area (Å²) in [5.41, 5.74) is 0.736. The number of rotatable bonds is 4. The largest absolute Gasteiger partial charge is 0.497 e. The number of halogens is 1. The topological polar surface area (TPSA) is 79.9 Å². The number of fused-ring (bicyclic) bond motifs is 1. The Bertz CT molecular complexity index is 967. The average Bonchev–Trinajstić information content (AvgIpc) is 2.89. The number of nitrogens with one attached hydrogen (secondary N) is 2. The number of pyridine rings is 1. The second kappa shape index (κ2) is 5.96. The van der Waals surface area contributed by atoms with Crippen LogP contribution in [0, 0.1) is 0 Å². The predicted molar refractivity (Wildman–Crippen MR) is 90.1 cm³/mol. The molecule has 0 aliphatic heterocycles. The zero-order valence-corrected chi connectivity index (χ0v) is 13.5. The van der Waals surface area contributed by atoms with Gasteiger partial charge in [0.25, 0.3) is 5.56 Å². The van der Waals surface area contributed by atoms with Gasteiger partial charge >= 0.3 is 0 Å². The molecule has 0 bridgehead atoms. The number of hydrogen-bond donors (Lipinski definition) is 2. The molecule has 0 spiro atoms. The first-order chi connectivity index (χ1) is 11.1. The van der Waals surface area contributed by atoms with E-state index in [-0.39, 0.29) is 10.4 Å². The number of ether oxygens (including phenoxy) is 1. The van der Waals surface area contributed by atoms with Crippen molar-refractivity contribution in [1.29, 1.82) is 0 Å². The maximum Gasteiger partial charge on any atom is 0.284 e. The summed E-state index contributed by atoms with van der Waals surface area (Å²) in [5, 5.41) is 3.05. The van der Waals surface area contributed by atoms with Crippen LogP contribution in [0.3, 0.4) is 0 Å². The van der Waals surface area contributed by atoms with Crippen LogP contribution >= 0.6 is 11.6 Å². The third-order valence-electron chi connectivity index (χ3n) is 3.69. The molecule has 120 valence electrons. The van der Waals surface area contributed by atoms with E-state index in [9.17, 15) is 9.59 Å². The number of hydrogen-bond acceptors (Lipinski definition) is 3. The van der Waals surface area contributed by atoms with Gasteiger partial charge in [0.15, 0.2) is 0 Å². The van der Waals surface area contributed by atoms with Crippen molar-refractivity contribution in [2.45, 2.75) is 19.8 Å². The van der Waals surface area contributed by atoms with E-state index in [1.807, 2.05) is 6.92 Å².